The molecule has 2 atom stereocenters. The predicted molar refractivity (Wildman–Crippen MR) is 76.1 cm³/mol. The first-order valence-electron chi connectivity index (χ1n) is 6.20. The summed E-state index contributed by atoms with van der Waals surface area (Å²) in [6.07, 6.45) is 0. The number of hydrogen-bond acceptors (Lipinski definition) is 3. The van der Waals surface area contributed by atoms with Crippen molar-refractivity contribution in [1.29, 1.82) is 0 Å². The number of rotatable bonds is 7. The average Bonchev–Trinajstić information content (AvgIpc) is 2.42. The van der Waals surface area contributed by atoms with E-state index >= 15 is 0 Å². The van der Waals surface area contributed by atoms with E-state index in [1.807, 2.05) is 30.3 Å². The van der Waals surface area contributed by atoms with E-state index in [1.165, 1.54) is 0 Å². The number of hydrogen-bond donors (Lipinski definition) is 2. The van der Waals surface area contributed by atoms with Gasteiger partial charge in [-0.3, -0.25) is 9.59 Å². The Labute approximate surface area is 117 Å². The van der Waals surface area contributed by atoms with Gasteiger partial charge in [0.25, 0.3) is 0 Å². The first kappa shape index (κ1) is 15.6. The van der Waals surface area contributed by atoms with Gasteiger partial charge in [0.2, 0.25) is 5.91 Å². The highest BCUT2D eigenvalue weighted by Gasteiger charge is 2.25. The fraction of sp³-hybridized carbons (Fsp3) is 0.429. The van der Waals surface area contributed by atoms with Crippen LogP contribution >= 0.6 is 11.8 Å². The molecule has 1 aromatic carbocycles. The SMILES string of the molecule is CC(C(=O)O)C(C)C(=O)NCCSc1ccccc1. The molecule has 1 aromatic rings. The molecule has 104 valence electrons. The van der Waals surface area contributed by atoms with E-state index in [4.69, 9.17) is 5.11 Å². The maximum Gasteiger partial charge on any atom is 0.307 e. The second-order valence-corrected chi connectivity index (χ2v) is 5.54. The van der Waals surface area contributed by atoms with Crippen molar-refractivity contribution < 1.29 is 14.7 Å². The Morgan fingerprint density at radius 3 is 2.42 bits per heavy atom. The van der Waals surface area contributed by atoms with Crippen molar-refractivity contribution in [2.75, 3.05) is 12.3 Å². The summed E-state index contributed by atoms with van der Waals surface area (Å²) in [4.78, 5) is 23.6. The van der Waals surface area contributed by atoms with Gasteiger partial charge in [0.1, 0.15) is 0 Å². The number of amides is 1. The largest absolute Gasteiger partial charge is 0.481 e. The van der Waals surface area contributed by atoms with Crippen LogP contribution in [0.4, 0.5) is 0 Å². The molecule has 0 bridgehead atoms. The van der Waals surface area contributed by atoms with E-state index < -0.39 is 17.8 Å². The van der Waals surface area contributed by atoms with Gasteiger partial charge in [-0.25, -0.2) is 0 Å². The number of carbonyl (C=O) groups is 2. The zero-order chi connectivity index (χ0) is 14.3. The van der Waals surface area contributed by atoms with Crippen molar-refractivity contribution in [2.45, 2.75) is 18.7 Å². The third-order valence-electron chi connectivity index (χ3n) is 2.97. The van der Waals surface area contributed by atoms with E-state index in [2.05, 4.69) is 5.32 Å². The Hall–Kier alpha value is -1.49. The zero-order valence-electron chi connectivity index (χ0n) is 11.1. The molecule has 1 rings (SSSR count). The predicted octanol–water partition coefficient (Wildman–Crippen LogP) is 2.25. The number of carbonyl (C=O) groups excluding carboxylic acids is 1. The minimum absolute atomic E-state index is 0.205. The molecule has 2 N–H and O–H groups in total. The van der Waals surface area contributed by atoms with Crippen molar-refractivity contribution in [3.8, 4) is 0 Å². The zero-order valence-corrected chi connectivity index (χ0v) is 11.9. The van der Waals surface area contributed by atoms with Crippen LogP contribution in [0.1, 0.15) is 13.8 Å². The van der Waals surface area contributed by atoms with Crippen molar-refractivity contribution in [3.05, 3.63) is 30.3 Å². The summed E-state index contributed by atoms with van der Waals surface area (Å²) < 4.78 is 0. The summed E-state index contributed by atoms with van der Waals surface area (Å²) in [5.41, 5.74) is 0. The van der Waals surface area contributed by atoms with Crippen molar-refractivity contribution in [2.24, 2.45) is 11.8 Å². The number of carboxylic acid groups (broad SMARTS) is 1. The highest BCUT2D eigenvalue weighted by molar-refractivity contribution is 7.99. The summed E-state index contributed by atoms with van der Waals surface area (Å²) in [5.74, 6) is -1.56. The van der Waals surface area contributed by atoms with Gasteiger partial charge in [-0.05, 0) is 12.1 Å². The monoisotopic (exact) mass is 281 g/mol. The van der Waals surface area contributed by atoms with Gasteiger partial charge in [-0.15, -0.1) is 11.8 Å². The first-order chi connectivity index (χ1) is 9.02. The molecule has 0 aliphatic heterocycles. The number of carboxylic acids is 1. The van der Waals surface area contributed by atoms with Gasteiger partial charge < -0.3 is 10.4 Å². The van der Waals surface area contributed by atoms with E-state index in [9.17, 15) is 9.59 Å². The molecule has 2 unspecified atom stereocenters. The molecule has 0 saturated heterocycles. The van der Waals surface area contributed by atoms with E-state index in [0.29, 0.717) is 6.54 Å². The Morgan fingerprint density at radius 1 is 1.21 bits per heavy atom. The van der Waals surface area contributed by atoms with E-state index in [1.54, 1.807) is 25.6 Å². The fourth-order valence-corrected chi connectivity index (χ4v) is 2.25. The second kappa shape index (κ2) is 7.84. The molecule has 0 fully saturated rings. The lowest BCUT2D eigenvalue weighted by atomic mass is 9.95. The smallest absolute Gasteiger partial charge is 0.307 e. The van der Waals surface area contributed by atoms with Crippen LogP contribution in [0.5, 0.6) is 0 Å². The van der Waals surface area contributed by atoms with Crippen LogP contribution in [0, 0.1) is 11.8 Å². The lowest BCUT2D eigenvalue weighted by Gasteiger charge is -2.15. The lowest BCUT2D eigenvalue weighted by molar-refractivity contribution is -0.146. The Bertz CT molecular complexity index is 422. The molecule has 5 heteroatoms. The van der Waals surface area contributed by atoms with E-state index in [0.717, 1.165) is 10.6 Å². The summed E-state index contributed by atoms with van der Waals surface area (Å²) in [5, 5.41) is 11.6. The number of benzene rings is 1. The molecule has 4 nitrogen and oxygen atoms in total. The molecule has 19 heavy (non-hydrogen) atoms. The molecule has 0 aliphatic carbocycles. The molecule has 0 heterocycles. The van der Waals surface area contributed by atoms with Gasteiger partial charge >= 0.3 is 5.97 Å². The van der Waals surface area contributed by atoms with Gasteiger partial charge in [-0.2, -0.15) is 0 Å². The van der Waals surface area contributed by atoms with Gasteiger partial charge in [-0.1, -0.05) is 32.0 Å². The number of thioether (sulfide) groups is 1. The fourth-order valence-electron chi connectivity index (χ4n) is 1.46. The standard InChI is InChI=1S/C14H19NO3S/c1-10(11(2)14(17)18)13(16)15-8-9-19-12-6-4-3-5-7-12/h3-7,10-11H,8-9H2,1-2H3,(H,15,16)(H,17,18). The molecular weight excluding hydrogens is 262 g/mol. The summed E-state index contributed by atoms with van der Waals surface area (Å²) in [6, 6.07) is 9.93. The highest BCUT2D eigenvalue weighted by atomic mass is 32.2. The number of aliphatic carboxylic acids is 1. The topological polar surface area (TPSA) is 66.4 Å². The quantitative estimate of drug-likeness (QED) is 0.594. The third kappa shape index (κ3) is 5.34. The van der Waals surface area contributed by atoms with Crippen LogP contribution in [0.15, 0.2) is 35.2 Å². The highest BCUT2D eigenvalue weighted by Crippen LogP contribution is 2.16. The van der Waals surface area contributed by atoms with Crippen LogP contribution in [-0.2, 0) is 9.59 Å². The Morgan fingerprint density at radius 2 is 1.84 bits per heavy atom. The van der Waals surface area contributed by atoms with Crippen LogP contribution < -0.4 is 5.32 Å². The van der Waals surface area contributed by atoms with Crippen LogP contribution in [0.25, 0.3) is 0 Å². The third-order valence-corrected chi connectivity index (χ3v) is 3.98. The van der Waals surface area contributed by atoms with Crippen molar-refractivity contribution >= 4 is 23.6 Å². The van der Waals surface area contributed by atoms with Gasteiger partial charge in [0.15, 0.2) is 0 Å². The Kier molecular flexibility index (Phi) is 6.42. The van der Waals surface area contributed by atoms with Gasteiger partial charge in [0, 0.05) is 23.1 Å². The molecule has 0 spiro atoms. The molecular formula is C14H19NO3S. The summed E-state index contributed by atoms with van der Waals surface area (Å²) in [7, 11) is 0. The van der Waals surface area contributed by atoms with Crippen molar-refractivity contribution in [3.63, 3.8) is 0 Å². The van der Waals surface area contributed by atoms with E-state index in [-0.39, 0.29) is 5.91 Å². The molecule has 0 aromatic heterocycles. The molecule has 0 radical (unpaired) electrons. The Balaban J connectivity index is 2.26. The van der Waals surface area contributed by atoms with Crippen LogP contribution in [0.3, 0.4) is 0 Å². The molecule has 1 amide bonds. The second-order valence-electron chi connectivity index (χ2n) is 4.37. The first-order valence-corrected chi connectivity index (χ1v) is 7.19. The minimum Gasteiger partial charge on any atom is -0.481 e. The minimum atomic E-state index is -0.943. The normalized spacial score (nSPS) is 13.6. The maximum atomic E-state index is 11.7. The van der Waals surface area contributed by atoms with Crippen LogP contribution in [0.2, 0.25) is 0 Å². The molecule has 0 aliphatic rings. The summed E-state index contributed by atoms with van der Waals surface area (Å²) >= 11 is 1.66. The number of nitrogens with one attached hydrogen (secondary N) is 1. The van der Waals surface area contributed by atoms with Crippen LogP contribution in [-0.4, -0.2) is 29.3 Å². The van der Waals surface area contributed by atoms with Gasteiger partial charge in [0.05, 0.1) is 5.92 Å². The maximum absolute atomic E-state index is 11.7. The van der Waals surface area contributed by atoms with Crippen molar-refractivity contribution in [1.82, 2.24) is 5.32 Å². The molecule has 0 saturated carbocycles. The summed E-state index contributed by atoms with van der Waals surface area (Å²) in [6.45, 7) is 3.72. The lowest BCUT2D eigenvalue weighted by Crippen LogP contribution is -2.36. The average molecular weight is 281 g/mol.